The van der Waals surface area contributed by atoms with Crippen LogP contribution in [0.5, 0.6) is 11.5 Å². The van der Waals surface area contributed by atoms with Gasteiger partial charge in [-0.3, -0.25) is 10.1 Å². The van der Waals surface area contributed by atoms with Crippen LogP contribution in [0.25, 0.3) is 0 Å². The van der Waals surface area contributed by atoms with E-state index in [0.29, 0.717) is 12.0 Å². The number of hydrogen-bond donors (Lipinski definition) is 0. The molecule has 0 saturated carbocycles. The van der Waals surface area contributed by atoms with E-state index >= 15 is 0 Å². The highest BCUT2D eigenvalue weighted by Gasteiger charge is 2.41. The maximum atomic E-state index is 11.3. The lowest BCUT2D eigenvalue weighted by molar-refractivity contribution is -0.385. The van der Waals surface area contributed by atoms with Crippen LogP contribution >= 0.6 is 15.9 Å². The van der Waals surface area contributed by atoms with Gasteiger partial charge in [0.1, 0.15) is 11.5 Å². The summed E-state index contributed by atoms with van der Waals surface area (Å²) in [6.45, 7) is 3.99. The second-order valence-electron chi connectivity index (χ2n) is 8.34. The molecule has 0 bridgehead atoms. The number of halogens is 1. The third-order valence-corrected chi connectivity index (χ3v) is 6.17. The van der Waals surface area contributed by atoms with Gasteiger partial charge >= 0.3 is 0 Å². The Kier molecular flexibility index (Phi) is 5.54. The molecule has 0 aliphatic carbocycles. The third-order valence-electron chi connectivity index (χ3n) is 5.68. The number of nitro benzene ring substituents is 1. The molecule has 3 aromatic rings. The molecule has 0 amide bonds. The minimum absolute atomic E-state index is 0.0263. The fraction of sp³-hybridized carbons (Fsp3) is 0.240. The molecule has 2 aliphatic heterocycles. The number of nitrogens with zero attached hydrogens (tertiary/aromatic N) is 3. The molecule has 0 saturated heterocycles. The van der Waals surface area contributed by atoms with Crippen LogP contribution in [0, 0.1) is 10.1 Å². The number of rotatable bonds is 5. The second kappa shape index (κ2) is 8.51. The first kappa shape index (κ1) is 21.5. The Morgan fingerprint density at radius 1 is 1.15 bits per heavy atom. The second-order valence-corrected chi connectivity index (χ2v) is 9.26. The Morgan fingerprint density at radius 2 is 1.94 bits per heavy atom. The molecule has 0 radical (unpaired) electrons. The van der Waals surface area contributed by atoms with Gasteiger partial charge in [-0.25, -0.2) is 5.01 Å². The summed E-state index contributed by atoms with van der Waals surface area (Å²) >= 11 is 3.56. The van der Waals surface area contributed by atoms with E-state index in [0.717, 1.165) is 32.8 Å². The molecule has 3 aromatic carbocycles. The summed E-state index contributed by atoms with van der Waals surface area (Å²) in [7, 11) is 0. The number of fused-ring (bicyclic) bond motifs is 3. The maximum absolute atomic E-state index is 11.3. The Balaban J connectivity index is 1.54. The average molecular weight is 508 g/mol. The quantitative estimate of drug-likeness (QED) is 0.295. The monoisotopic (exact) mass is 507 g/mol. The number of benzene rings is 3. The van der Waals surface area contributed by atoms with E-state index in [-0.39, 0.29) is 17.8 Å². The van der Waals surface area contributed by atoms with Crippen molar-refractivity contribution in [3.63, 3.8) is 0 Å². The molecular weight excluding hydrogens is 486 g/mol. The topological polar surface area (TPSA) is 77.2 Å². The molecular formula is C25H22BrN3O4. The zero-order chi connectivity index (χ0) is 23.1. The van der Waals surface area contributed by atoms with Crippen LogP contribution in [0.2, 0.25) is 0 Å². The van der Waals surface area contributed by atoms with Crippen molar-refractivity contribution in [1.29, 1.82) is 0 Å². The summed E-state index contributed by atoms with van der Waals surface area (Å²) in [6, 6.07) is 20.3. The zero-order valence-corrected chi connectivity index (χ0v) is 19.7. The highest BCUT2D eigenvalue weighted by molar-refractivity contribution is 9.10. The molecule has 0 unspecified atom stereocenters. The zero-order valence-electron chi connectivity index (χ0n) is 18.1. The van der Waals surface area contributed by atoms with Crippen molar-refractivity contribution in [2.75, 3.05) is 0 Å². The predicted octanol–water partition coefficient (Wildman–Crippen LogP) is 6.39. The van der Waals surface area contributed by atoms with E-state index in [1.807, 2.05) is 61.3 Å². The summed E-state index contributed by atoms with van der Waals surface area (Å²) in [5.41, 5.74) is 3.69. The molecule has 2 aliphatic rings. The van der Waals surface area contributed by atoms with E-state index in [9.17, 15) is 10.1 Å². The molecule has 2 heterocycles. The first-order valence-electron chi connectivity index (χ1n) is 10.7. The van der Waals surface area contributed by atoms with Gasteiger partial charge in [-0.1, -0.05) is 28.1 Å². The van der Waals surface area contributed by atoms with Gasteiger partial charge in [0.05, 0.1) is 22.8 Å². The van der Waals surface area contributed by atoms with Gasteiger partial charge in [0.15, 0.2) is 0 Å². The fourth-order valence-corrected chi connectivity index (χ4v) is 4.62. The Labute approximate surface area is 199 Å². The van der Waals surface area contributed by atoms with Crippen molar-refractivity contribution >= 4 is 27.3 Å². The largest absolute Gasteiger partial charge is 0.491 e. The van der Waals surface area contributed by atoms with E-state index in [4.69, 9.17) is 14.6 Å². The van der Waals surface area contributed by atoms with Gasteiger partial charge in [-0.05, 0) is 61.9 Å². The molecule has 168 valence electrons. The summed E-state index contributed by atoms with van der Waals surface area (Å²) in [5, 5.41) is 18.2. The lowest BCUT2D eigenvalue weighted by Gasteiger charge is -2.38. The molecule has 7 nitrogen and oxygen atoms in total. The van der Waals surface area contributed by atoms with Crippen molar-refractivity contribution < 1.29 is 14.4 Å². The van der Waals surface area contributed by atoms with Crippen LogP contribution in [-0.2, 0) is 0 Å². The third kappa shape index (κ3) is 4.18. The molecule has 0 N–H and O–H groups in total. The molecule has 0 fully saturated rings. The minimum atomic E-state index is -0.565. The molecule has 8 heteroatoms. The first-order valence-corrected chi connectivity index (χ1v) is 11.5. The highest BCUT2D eigenvalue weighted by Crippen LogP contribution is 2.48. The van der Waals surface area contributed by atoms with Crippen LogP contribution in [0.1, 0.15) is 49.2 Å². The van der Waals surface area contributed by atoms with E-state index < -0.39 is 11.2 Å². The van der Waals surface area contributed by atoms with Crippen LogP contribution < -0.4 is 9.47 Å². The lowest BCUT2D eigenvalue weighted by Crippen LogP contribution is -2.33. The average Bonchev–Trinajstić information content (AvgIpc) is 3.24. The number of non-ortho nitro benzene ring substituents is 1. The number of ether oxygens (including phenoxy) is 2. The molecule has 0 aromatic heterocycles. The highest BCUT2D eigenvalue weighted by atomic mass is 79.9. The minimum Gasteiger partial charge on any atom is -0.491 e. The van der Waals surface area contributed by atoms with Crippen molar-refractivity contribution in [3.8, 4) is 11.5 Å². The van der Waals surface area contributed by atoms with Crippen LogP contribution in [0.3, 0.4) is 0 Å². The lowest BCUT2D eigenvalue weighted by atomic mass is 9.96. The summed E-state index contributed by atoms with van der Waals surface area (Å²) < 4.78 is 13.0. The van der Waals surface area contributed by atoms with Gasteiger partial charge in [-0.2, -0.15) is 5.10 Å². The number of hydrogen-bond acceptors (Lipinski definition) is 6. The van der Waals surface area contributed by atoms with Crippen LogP contribution in [-0.4, -0.2) is 21.7 Å². The standard InChI is InChI=1S/C25H22BrN3O4/c1-15(2)32-20-9-6-16(7-10-20)22-14-23-21-13-18(26)8-11-24(21)33-25(28(23)27-22)17-4-3-5-19(12-17)29(30)31/h3-13,15,23,25H,14H2,1-2H3/t23-,25+/m1/s1. The van der Waals surface area contributed by atoms with Gasteiger partial charge in [0.25, 0.3) is 5.69 Å². The number of hydrazone groups is 1. The van der Waals surface area contributed by atoms with Crippen molar-refractivity contribution in [2.45, 2.75) is 38.6 Å². The molecule has 5 rings (SSSR count). The maximum Gasteiger partial charge on any atom is 0.269 e. The van der Waals surface area contributed by atoms with E-state index in [2.05, 4.69) is 22.0 Å². The van der Waals surface area contributed by atoms with Gasteiger partial charge in [0.2, 0.25) is 6.23 Å². The molecule has 0 spiro atoms. The van der Waals surface area contributed by atoms with E-state index in [1.165, 1.54) is 6.07 Å². The Morgan fingerprint density at radius 3 is 2.67 bits per heavy atom. The fourth-order valence-electron chi connectivity index (χ4n) is 4.24. The van der Waals surface area contributed by atoms with Crippen molar-refractivity contribution in [2.24, 2.45) is 5.10 Å². The van der Waals surface area contributed by atoms with Crippen LogP contribution in [0.15, 0.2) is 76.3 Å². The first-order chi connectivity index (χ1) is 15.9. The molecule has 2 atom stereocenters. The summed E-state index contributed by atoms with van der Waals surface area (Å²) in [5.74, 6) is 1.57. The molecule has 33 heavy (non-hydrogen) atoms. The van der Waals surface area contributed by atoms with Gasteiger partial charge in [0, 0.05) is 34.2 Å². The SMILES string of the molecule is CC(C)Oc1ccc(C2=NN3[C@H](C2)c2cc(Br)ccc2O[C@H]3c2cccc([N+](=O)[O-])c2)cc1. The summed E-state index contributed by atoms with van der Waals surface area (Å²) in [4.78, 5) is 10.9. The Hall–Kier alpha value is -3.39. The Bertz CT molecular complexity index is 1240. The van der Waals surface area contributed by atoms with E-state index in [1.54, 1.807) is 12.1 Å². The van der Waals surface area contributed by atoms with Gasteiger partial charge < -0.3 is 9.47 Å². The summed E-state index contributed by atoms with van der Waals surface area (Å²) in [6.07, 6.45) is 0.240. The van der Waals surface area contributed by atoms with Crippen molar-refractivity contribution in [1.82, 2.24) is 5.01 Å². The van der Waals surface area contributed by atoms with Crippen LogP contribution in [0.4, 0.5) is 5.69 Å². The normalized spacial score (nSPS) is 18.9. The predicted molar refractivity (Wildman–Crippen MR) is 129 cm³/mol. The van der Waals surface area contributed by atoms with Crippen molar-refractivity contribution in [3.05, 3.63) is 98.0 Å². The van der Waals surface area contributed by atoms with Gasteiger partial charge in [-0.15, -0.1) is 0 Å². The smallest absolute Gasteiger partial charge is 0.269 e. The number of nitro groups is 1.